The molecule has 1 saturated heterocycles. The number of nitrogens with one attached hydrogen (secondary N) is 2. The summed E-state index contributed by atoms with van der Waals surface area (Å²) in [5.41, 5.74) is 0. The van der Waals surface area contributed by atoms with Gasteiger partial charge in [0.2, 0.25) is 0 Å². The van der Waals surface area contributed by atoms with Crippen LogP contribution in [0.15, 0.2) is 4.99 Å². The van der Waals surface area contributed by atoms with Crippen molar-refractivity contribution < 1.29 is 0 Å². The van der Waals surface area contributed by atoms with E-state index in [0.29, 0.717) is 6.04 Å². The second-order valence-corrected chi connectivity index (χ2v) is 2.59. The number of rotatable bonds is 2. The van der Waals surface area contributed by atoms with Gasteiger partial charge in [-0.3, -0.25) is 4.99 Å². The lowest BCUT2D eigenvalue weighted by atomic mass is 10.3. The molecule has 0 bridgehead atoms. The molecule has 0 aliphatic carbocycles. The molecule has 58 valence electrons. The highest BCUT2D eigenvalue weighted by molar-refractivity contribution is 5.81. The number of guanidine groups is 1. The molecule has 2 N–H and O–H groups in total. The van der Waals surface area contributed by atoms with Crippen molar-refractivity contribution >= 4 is 5.96 Å². The molecule has 0 aromatic rings. The van der Waals surface area contributed by atoms with Gasteiger partial charge in [0.25, 0.3) is 0 Å². The summed E-state index contributed by atoms with van der Waals surface area (Å²) in [6.45, 7) is 6.28. The first-order valence-electron chi connectivity index (χ1n) is 3.88. The van der Waals surface area contributed by atoms with E-state index >= 15 is 0 Å². The molecule has 1 atom stereocenters. The van der Waals surface area contributed by atoms with E-state index < -0.39 is 0 Å². The average Bonchev–Trinajstić information content (AvgIpc) is 2.40. The molecule has 1 aliphatic heterocycles. The van der Waals surface area contributed by atoms with Crippen molar-refractivity contribution in [3.63, 3.8) is 0 Å². The lowest BCUT2D eigenvalue weighted by Crippen LogP contribution is -2.25. The first-order chi connectivity index (χ1) is 4.83. The van der Waals surface area contributed by atoms with Crippen LogP contribution in [0, 0.1) is 0 Å². The van der Waals surface area contributed by atoms with Crippen LogP contribution < -0.4 is 10.6 Å². The quantitative estimate of drug-likeness (QED) is 0.581. The van der Waals surface area contributed by atoms with E-state index in [0.717, 1.165) is 25.5 Å². The van der Waals surface area contributed by atoms with Crippen LogP contribution in [0.5, 0.6) is 0 Å². The summed E-state index contributed by atoms with van der Waals surface area (Å²) in [7, 11) is 0. The fraction of sp³-hybridized carbons (Fsp3) is 0.857. The third kappa shape index (κ3) is 1.90. The first kappa shape index (κ1) is 7.38. The Hall–Kier alpha value is -0.730. The van der Waals surface area contributed by atoms with E-state index in [2.05, 4.69) is 29.5 Å². The van der Waals surface area contributed by atoms with E-state index in [4.69, 9.17) is 0 Å². The molecule has 3 heteroatoms. The number of aliphatic imine (C=N–C) groups is 1. The highest BCUT2D eigenvalue weighted by Crippen LogP contribution is 1.94. The first-order valence-corrected chi connectivity index (χ1v) is 3.88. The van der Waals surface area contributed by atoms with Gasteiger partial charge in [-0.05, 0) is 13.3 Å². The Morgan fingerprint density at radius 3 is 2.60 bits per heavy atom. The highest BCUT2D eigenvalue weighted by atomic mass is 15.2. The van der Waals surface area contributed by atoms with Crippen molar-refractivity contribution in [2.75, 3.05) is 13.1 Å². The van der Waals surface area contributed by atoms with Crippen LogP contribution in [0.1, 0.15) is 20.3 Å². The fourth-order valence-electron chi connectivity index (χ4n) is 0.827. The van der Waals surface area contributed by atoms with E-state index in [1.54, 1.807) is 0 Å². The lowest BCUT2D eigenvalue weighted by Gasteiger charge is -2.03. The van der Waals surface area contributed by atoms with E-state index in [9.17, 15) is 0 Å². The molecule has 1 unspecified atom stereocenters. The molecule has 0 aromatic carbocycles. The van der Waals surface area contributed by atoms with Crippen molar-refractivity contribution in [1.29, 1.82) is 0 Å². The maximum Gasteiger partial charge on any atom is 0.191 e. The topological polar surface area (TPSA) is 36.4 Å². The molecule has 1 rings (SSSR count). The zero-order chi connectivity index (χ0) is 7.40. The van der Waals surface area contributed by atoms with Gasteiger partial charge in [0.15, 0.2) is 5.96 Å². The largest absolute Gasteiger partial charge is 0.355 e. The fourth-order valence-corrected chi connectivity index (χ4v) is 0.827. The molecule has 0 radical (unpaired) electrons. The third-order valence-corrected chi connectivity index (χ3v) is 1.65. The van der Waals surface area contributed by atoms with Crippen molar-refractivity contribution in [3.05, 3.63) is 0 Å². The Bertz CT molecular complexity index is 123. The highest BCUT2D eigenvalue weighted by Gasteiger charge is 2.05. The third-order valence-electron chi connectivity index (χ3n) is 1.65. The van der Waals surface area contributed by atoms with Crippen LogP contribution in [0.25, 0.3) is 0 Å². The average molecular weight is 141 g/mol. The van der Waals surface area contributed by atoms with Crippen molar-refractivity contribution in [3.8, 4) is 0 Å². The van der Waals surface area contributed by atoms with Gasteiger partial charge in [-0.15, -0.1) is 0 Å². The Morgan fingerprint density at radius 1 is 1.50 bits per heavy atom. The number of nitrogens with zero attached hydrogens (tertiary/aromatic N) is 1. The van der Waals surface area contributed by atoms with Gasteiger partial charge in [-0.2, -0.15) is 0 Å². The zero-order valence-corrected chi connectivity index (χ0v) is 6.65. The molecule has 0 saturated carbocycles. The number of hydrogen-bond donors (Lipinski definition) is 2. The maximum atomic E-state index is 4.39. The summed E-state index contributed by atoms with van der Waals surface area (Å²) in [5.74, 6) is 0.967. The van der Waals surface area contributed by atoms with Gasteiger partial charge in [0.1, 0.15) is 0 Å². The standard InChI is InChI=1S/C7H15N3/c1-3-6(2)10-7-8-4-5-9-7/h6H,3-5H2,1-2H3,(H2,8,9,10). The Labute approximate surface area is 61.9 Å². The van der Waals surface area contributed by atoms with Crippen LogP contribution in [-0.2, 0) is 0 Å². The second-order valence-electron chi connectivity index (χ2n) is 2.59. The molecule has 1 aliphatic rings. The minimum Gasteiger partial charge on any atom is -0.355 e. The van der Waals surface area contributed by atoms with E-state index in [-0.39, 0.29) is 0 Å². The lowest BCUT2D eigenvalue weighted by molar-refractivity contribution is 0.710. The van der Waals surface area contributed by atoms with Gasteiger partial charge in [-0.25, -0.2) is 0 Å². The molecule has 0 amide bonds. The Kier molecular flexibility index (Phi) is 2.54. The smallest absolute Gasteiger partial charge is 0.191 e. The van der Waals surface area contributed by atoms with E-state index in [1.807, 2.05) is 0 Å². The maximum absolute atomic E-state index is 4.39. The molecule has 1 fully saturated rings. The van der Waals surface area contributed by atoms with Gasteiger partial charge < -0.3 is 10.6 Å². The predicted octanol–water partition coefficient (Wildman–Crippen LogP) is 0.334. The molecular weight excluding hydrogens is 126 g/mol. The van der Waals surface area contributed by atoms with E-state index in [1.165, 1.54) is 0 Å². The van der Waals surface area contributed by atoms with Crippen LogP contribution in [0.2, 0.25) is 0 Å². The monoisotopic (exact) mass is 141 g/mol. The van der Waals surface area contributed by atoms with Gasteiger partial charge in [0, 0.05) is 13.1 Å². The summed E-state index contributed by atoms with van der Waals surface area (Å²) in [4.78, 5) is 4.39. The summed E-state index contributed by atoms with van der Waals surface area (Å²) in [6, 6.07) is 0.438. The molecule has 1 heterocycles. The van der Waals surface area contributed by atoms with Crippen LogP contribution in [0.4, 0.5) is 0 Å². The Morgan fingerprint density at radius 2 is 2.10 bits per heavy atom. The van der Waals surface area contributed by atoms with Crippen LogP contribution in [-0.4, -0.2) is 25.1 Å². The minimum absolute atomic E-state index is 0.438. The summed E-state index contributed by atoms with van der Waals surface area (Å²) in [5, 5.41) is 6.32. The molecule has 3 nitrogen and oxygen atoms in total. The predicted molar refractivity (Wildman–Crippen MR) is 43.2 cm³/mol. The molecule has 10 heavy (non-hydrogen) atoms. The van der Waals surface area contributed by atoms with Gasteiger partial charge >= 0.3 is 0 Å². The number of hydrogen-bond acceptors (Lipinski definition) is 1. The van der Waals surface area contributed by atoms with Crippen LogP contribution in [0.3, 0.4) is 0 Å². The molecular formula is C7H15N3. The minimum atomic E-state index is 0.438. The van der Waals surface area contributed by atoms with Crippen molar-refractivity contribution in [2.24, 2.45) is 4.99 Å². The van der Waals surface area contributed by atoms with Crippen LogP contribution >= 0.6 is 0 Å². The summed E-state index contributed by atoms with van der Waals surface area (Å²) < 4.78 is 0. The Balaban J connectivity index is 2.37. The molecule has 0 aromatic heterocycles. The van der Waals surface area contributed by atoms with Gasteiger partial charge in [0.05, 0.1) is 6.04 Å². The normalized spacial score (nSPS) is 19.6. The summed E-state index contributed by atoms with van der Waals surface area (Å²) >= 11 is 0. The molecule has 0 spiro atoms. The second kappa shape index (κ2) is 3.44. The SMILES string of the molecule is CCC(C)N=C1NCCN1. The summed E-state index contributed by atoms with van der Waals surface area (Å²) in [6.07, 6.45) is 1.10. The van der Waals surface area contributed by atoms with Crippen molar-refractivity contribution in [1.82, 2.24) is 10.6 Å². The van der Waals surface area contributed by atoms with Crippen molar-refractivity contribution in [2.45, 2.75) is 26.3 Å². The van der Waals surface area contributed by atoms with Gasteiger partial charge in [-0.1, -0.05) is 6.92 Å². The zero-order valence-electron chi connectivity index (χ0n) is 6.65.